The van der Waals surface area contributed by atoms with E-state index in [1.165, 1.54) is 0 Å². The first-order chi connectivity index (χ1) is 16.6. The minimum atomic E-state index is -0.156. The Bertz CT molecular complexity index is 1110. The molecule has 1 amide bonds. The van der Waals surface area contributed by atoms with Gasteiger partial charge in [-0.2, -0.15) is 5.26 Å². The molecule has 1 N–H and O–H groups in total. The first-order valence-electron chi connectivity index (χ1n) is 11.8. The van der Waals surface area contributed by atoms with Crippen LogP contribution in [0.4, 0.5) is 11.4 Å². The van der Waals surface area contributed by atoms with Crippen LogP contribution in [0.5, 0.6) is 0 Å². The van der Waals surface area contributed by atoms with E-state index < -0.39 is 0 Å². The summed E-state index contributed by atoms with van der Waals surface area (Å²) in [6.07, 6.45) is 6.62. The molecule has 0 aliphatic carbocycles. The van der Waals surface area contributed by atoms with Gasteiger partial charge < -0.3 is 14.6 Å². The maximum Gasteiger partial charge on any atom is 0.227 e. The van der Waals surface area contributed by atoms with Crippen LogP contribution < -0.4 is 10.2 Å². The van der Waals surface area contributed by atoms with Crippen LogP contribution in [-0.4, -0.2) is 47.0 Å². The molecule has 2 aromatic heterocycles. The highest BCUT2D eigenvalue weighted by Crippen LogP contribution is 2.30. The van der Waals surface area contributed by atoms with Gasteiger partial charge in [0.15, 0.2) is 0 Å². The van der Waals surface area contributed by atoms with Gasteiger partial charge in [-0.05, 0) is 43.2 Å². The number of rotatable bonds is 8. The van der Waals surface area contributed by atoms with Crippen LogP contribution in [0.2, 0.25) is 0 Å². The van der Waals surface area contributed by atoms with Crippen molar-refractivity contribution >= 4 is 17.3 Å². The molecule has 0 bridgehead atoms. The average molecular weight is 459 g/mol. The number of piperazine rings is 1. The summed E-state index contributed by atoms with van der Waals surface area (Å²) in [6.45, 7) is 7.05. The van der Waals surface area contributed by atoms with E-state index in [0.717, 1.165) is 50.4 Å². The van der Waals surface area contributed by atoms with Gasteiger partial charge in [0.05, 0.1) is 23.1 Å². The molecular weight excluding hydrogens is 428 g/mol. The van der Waals surface area contributed by atoms with Crippen molar-refractivity contribution in [3.05, 3.63) is 72.2 Å². The molecule has 176 valence electrons. The topological polar surface area (TPSA) is 98.3 Å². The lowest BCUT2D eigenvalue weighted by molar-refractivity contribution is -0.120. The van der Waals surface area contributed by atoms with Crippen molar-refractivity contribution in [2.45, 2.75) is 32.7 Å². The molecule has 8 nitrogen and oxygen atoms in total. The van der Waals surface area contributed by atoms with Crippen LogP contribution in [0, 0.1) is 17.2 Å². The largest absolute Gasteiger partial charge is 0.447 e. The molecule has 1 unspecified atom stereocenters. The van der Waals surface area contributed by atoms with Gasteiger partial charge in [-0.15, -0.1) is 0 Å². The van der Waals surface area contributed by atoms with E-state index in [2.05, 4.69) is 31.2 Å². The zero-order valence-corrected chi connectivity index (χ0v) is 19.6. The number of hydrogen-bond acceptors (Lipinski definition) is 7. The summed E-state index contributed by atoms with van der Waals surface area (Å²) < 4.78 is 5.65. The fourth-order valence-corrected chi connectivity index (χ4v) is 4.48. The Kier molecular flexibility index (Phi) is 7.55. The van der Waals surface area contributed by atoms with Gasteiger partial charge >= 0.3 is 0 Å². The van der Waals surface area contributed by atoms with Gasteiger partial charge in [0.1, 0.15) is 18.4 Å². The van der Waals surface area contributed by atoms with Gasteiger partial charge in [0, 0.05) is 44.0 Å². The second-order valence-corrected chi connectivity index (χ2v) is 8.40. The summed E-state index contributed by atoms with van der Waals surface area (Å²) in [5.74, 6) is 0.610. The summed E-state index contributed by atoms with van der Waals surface area (Å²) in [5, 5.41) is 12.8. The van der Waals surface area contributed by atoms with Gasteiger partial charge in [0.2, 0.25) is 11.8 Å². The summed E-state index contributed by atoms with van der Waals surface area (Å²) in [5.41, 5.74) is 3.00. The van der Waals surface area contributed by atoms with Crippen LogP contribution in [0.3, 0.4) is 0 Å². The smallest absolute Gasteiger partial charge is 0.227 e. The van der Waals surface area contributed by atoms with Gasteiger partial charge in [0.25, 0.3) is 0 Å². The van der Waals surface area contributed by atoms with Crippen LogP contribution >= 0.6 is 0 Å². The molecule has 1 aliphatic heterocycles. The fourth-order valence-electron chi connectivity index (χ4n) is 4.48. The third kappa shape index (κ3) is 5.10. The van der Waals surface area contributed by atoms with Crippen LogP contribution in [0.25, 0.3) is 0 Å². The number of pyridine rings is 1. The molecule has 0 spiro atoms. The highest BCUT2D eigenvalue weighted by atomic mass is 16.3. The number of benzene rings is 1. The van der Waals surface area contributed by atoms with Crippen LogP contribution in [0.1, 0.15) is 49.9 Å². The van der Waals surface area contributed by atoms with E-state index in [4.69, 9.17) is 4.42 Å². The lowest BCUT2D eigenvalue weighted by Crippen LogP contribution is -2.48. The Hall–Kier alpha value is -3.70. The lowest BCUT2D eigenvalue weighted by Gasteiger charge is -2.39. The van der Waals surface area contributed by atoms with Crippen LogP contribution in [0.15, 0.2) is 59.5 Å². The summed E-state index contributed by atoms with van der Waals surface area (Å²) in [4.78, 5) is 25.9. The van der Waals surface area contributed by atoms with E-state index >= 15 is 0 Å². The molecule has 8 heteroatoms. The van der Waals surface area contributed by atoms with Crippen molar-refractivity contribution in [1.29, 1.82) is 5.26 Å². The Balaban J connectivity index is 1.47. The standard InChI is InChI=1S/C26H30N6O2/c1-3-19(4-2)25(33)30-21-8-9-23(20(17-21)18-27)31-12-14-32(15-13-31)24(26-29-11-16-34-26)22-7-5-6-10-28-22/h5-11,16-17,19,24H,3-4,12-15H2,1-2H3,(H,30,33). The van der Waals surface area contributed by atoms with E-state index in [1.54, 1.807) is 24.7 Å². The predicted octanol–water partition coefficient (Wildman–Crippen LogP) is 4.23. The molecular formula is C26H30N6O2. The quantitative estimate of drug-likeness (QED) is 0.539. The SMILES string of the molecule is CCC(CC)C(=O)Nc1ccc(N2CCN(C(c3ccccn3)c3ncco3)CC2)c(C#N)c1. The zero-order chi connectivity index (χ0) is 23.9. The van der Waals surface area contributed by atoms with Crippen molar-refractivity contribution in [2.75, 3.05) is 36.4 Å². The number of oxazole rings is 1. The van der Waals surface area contributed by atoms with Crippen LogP contribution in [-0.2, 0) is 4.79 Å². The third-order valence-corrected chi connectivity index (χ3v) is 6.41. The van der Waals surface area contributed by atoms with E-state index in [1.807, 2.05) is 44.2 Å². The minimum absolute atomic E-state index is 0.00218. The second kappa shape index (κ2) is 10.9. The maximum absolute atomic E-state index is 12.4. The molecule has 0 saturated carbocycles. The summed E-state index contributed by atoms with van der Waals surface area (Å²) in [6, 6.07) is 13.6. The highest BCUT2D eigenvalue weighted by Gasteiger charge is 2.31. The summed E-state index contributed by atoms with van der Waals surface area (Å²) in [7, 11) is 0. The monoisotopic (exact) mass is 458 g/mol. The Morgan fingerprint density at radius 3 is 2.53 bits per heavy atom. The Labute approximate surface area is 200 Å². The maximum atomic E-state index is 12.4. The predicted molar refractivity (Wildman–Crippen MR) is 130 cm³/mol. The Morgan fingerprint density at radius 1 is 1.12 bits per heavy atom. The van der Waals surface area contributed by atoms with E-state index in [9.17, 15) is 10.1 Å². The zero-order valence-electron chi connectivity index (χ0n) is 19.6. The molecule has 0 radical (unpaired) electrons. The molecule has 1 aromatic carbocycles. The third-order valence-electron chi connectivity index (χ3n) is 6.41. The number of aromatic nitrogens is 2. The van der Waals surface area contributed by atoms with E-state index in [0.29, 0.717) is 17.1 Å². The number of carbonyl (C=O) groups excluding carboxylic acids is 1. The molecule has 3 aromatic rings. The number of nitrogens with zero attached hydrogens (tertiary/aromatic N) is 5. The number of nitrogens with one attached hydrogen (secondary N) is 1. The molecule has 1 saturated heterocycles. The number of amides is 1. The molecule has 1 fully saturated rings. The van der Waals surface area contributed by atoms with Crippen molar-refractivity contribution in [2.24, 2.45) is 5.92 Å². The number of nitriles is 1. The van der Waals surface area contributed by atoms with Crippen molar-refractivity contribution < 1.29 is 9.21 Å². The van der Waals surface area contributed by atoms with Gasteiger partial charge in [-0.25, -0.2) is 4.98 Å². The molecule has 3 heterocycles. The fraction of sp³-hybridized carbons (Fsp3) is 0.385. The Morgan fingerprint density at radius 2 is 1.91 bits per heavy atom. The first-order valence-corrected chi connectivity index (χ1v) is 11.8. The van der Waals surface area contributed by atoms with E-state index in [-0.39, 0.29) is 17.9 Å². The first kappa shape index (κ1) is 23.5. The molecule has 1 aliphatic rings. The second-order valence-electron chi connectivity index (χ2n) is 8.40. The number of hydrogen-bond donors (Lipinski definition) is 1. The molecule has 4 rings (SSSR count). The van der Waals surface area contributed by atoms with Gasteiger partial charge in [-0.1, -0.05) is 19.9 Å². The normalized spacial score (nSPS) is 15.2. The lowest BCUT2D eigenvalue weighted by atomic mass is 10.0. The average Bonchev–Trinajstić information content (AvgIpc) is 3.40. The van der Waals surface area contributed by atoms with Crippen molar-refractivity contribution in [3.8, 4) is 6.07 Å². The number of carbonyl (C=O) groups is 1. The van der Waals surface area contributed by atoms with Gasteiger partial charge in [-0.3, -0.25) is 14.7 Å². The molecule has 1 atom stereocenters. The summed E-state index contributed by atoms with van der Waals surface area (Å²) >= 11 is 0. The minimum Gasteiger partial charge on any atom is -0.447 e. The molecule has 34 heavy (non-hydrogen) atoms. The van der Waals surface area contributed by atoms with Crippen molar-refractivity contribution in [1.82, 2.24) is 14.9 Å². The number of anilines is 2. The highest BCUT2D eigenvalue weighted by molar-refractivity contribution is 5.93. The van der Waals surface area contributed by atoms with Crippen molar-refractivity contribution in [3.63, 3.8) is 0 Å².